The molecular formula is C6H14N4O. The van der Waals surface area contributed by atoms with Gasteiger partial charge in [-0.15, -0.1) is 0 Å². The maximum atomic E-state index is 10.4. The topological polar surface area (TPSA) is 61.6 Å². The number of carbonyl (C=O) groups is 1. The van der Waals surface area contributed by atoms with Crippen molar-refractivity contribution in [3.8, 4) is 0 Å². The second-order valence-electron chi connectivity index (χ2n) is 2.77. The van der Waals surface area contributed by atoms with E-state index < -0.39 is 6.03 Å². The predicted molar refractivity (Wildman–Crippen MR) is 41.8 cm³/mol. The number of hydrazine groups is 1. The van der Waals surface area contributed by atoms with E-state index in [1.54, 1.807) is 0 Å². The summed E-state index contributed by atoms with van der Waals surface area (Å²) in [6, 6.07) is -0.477. The van der Waals surface area contributed by atoms with Crippen LogP contribution in [0.25, 0.3) is 0 Å². The SMILES string of the molecule is CN1CCN(NC(N)=O)CC1. The summed E-state index contributed by atoms with van der Waals surface area (Å²) in [6.45, 7) is 3.64. The van der Waals surface area contributed by atoms with Gasteiger partial charge in [-0.1, -0.05) is 0 Å². The van der Waals surface area contributed by atoms with Crippen LogP contribution in [0.1, 0.15) is 0 Å². The second-order valence-corrected chi connectivity index (χ2v) is 2.77. The van der Waals surface area contributed by atoms with E-state index in [9.17, 15) is 4.79 Å². The van der Waals surface area contributed by atoms with Gasteiger partial charge in [0.05, 0.1) is 0 Å². The number of primary amides is 1. The number of piperazine rings is 1. The molecule has 0 bridgehead atoms. The number of nitrogens with zero attached hydrogens (tertiary/aromatic N) is 2. The van der Waals surface area contributed by atoms with Crippen molar-refractivity contribution in [1.82, 2.24) is 15.3 Å². The lowest BCUT2D eigenvalue weighted by molar-refractivity contribution is 0.115. The number of carbonyl (C=O) groups excluding carboxylic acids is 1. The molecule has 5 heteroatoms. The highest BCUT2D eigenvalue weighted by molar-refractivity contribution is 5.70. The molecule has 0 atom stereocenters. The second kappa shape index (κ2) is 3.54. The zero-order chi connectivity index (χ0) is 8.27. The number of nitrogens with one attached hydrogen (secondary N) is 1. The molecule has 0 spiro atoms. The quantitative estimate of drug-likeness (QED) is 0.505. The summed E-state index contributed by atoms with van der Waals surface area (Å²) >= 11 is 0. The molecule has 1 heterocycles. The first-order valence-corrected chi connectivity index (χ1v) is 3.68. The highest BCUT2D eigenvalue weighted by Crippen LogP contribution is 1.94. The molecule has 3 N–H and O–H groups in total. The van der Waals surface area contributed by atoms with Crippen LogP contribution in [0.5, 0.6) is 0 Å². The van der Waals surface area contributed by atoms with Gasteiger partial charge in [0.25, 0.3) is 0 Å². The Morgan fingerprint density at radius 2 is 1.91 bits per heavy atom. The van der Waals surface area contributed by atoms with Gasteiger partial charge in [0, 0.05) is 26.2 Å². The highest BCUT2D eigenvalue weighted by atomic mass is 16.2. The number of urea groups is 1. The predicted octanol–water partition coefficient (Wildman–Crippen LogP) is -1.18. The third-order valence-electron chi connectivity index (χ3n) is 1.77. The van der Waals surface area contributed by atoms with Crippen molar-refractivity contribution < 1.29 is 4.79 Å². The minimum Gasteiger partial charge on any atom is -0.351 e. The lowest BCUT2D eigenvalue weighted by atomic mass is 10.4. The smallest absolute Gasteiger partial charge is 0.326 e. The molecule has 0 aromatic heterocycles. The third-order valence-corrected chi connectivity index (χ3v) is 1.77. The van der Waals surface area contributed by atoms with Gasteiger partial charge >= 0.3 is 6.03 Å². The van der Waals surface area contributed by atoms with Crippen LogP contribution in [-0.2, 0) is 0 Å². The number of amides is 2. The molecule has 0 aromatic carbocycles. The Morgan fingerprint density at radius 1 is 1.36 bits per heavy atom. The number of likely N-dealkylation sites (N-methyl/N-ethyl adjacent to an activating group) is 1. The normalized spacial score (nSPS) is 21.5. The molecule has 64 valence electrons. The zero-order valence-electron chi connectivity index (χ0n) is 6.71. The summed E-state index contributed by atoms with van der Waals surface area (Å²) in [6.07, 6.45) is 0. The Hall–Kier alpha value is -0.810. The molecule has 11 heavy (non-hydrogen) atoms. The average Bonchev–Trinajstić information content (AvgIpc) is 1.93. The minimum absolute atomic E-state index is 0.477. The van der Waals surface area contributed by atoms with Gasteiger partial charge in [-0.05, 0) is 7.05 Å². The van der Waals surface area contributed by atoms with Crippen LogP contribution in [0, 0.1) is 0 Å². The third kappa shape index (κ3) is 2.73. The first-order chi connectivity index (χ1) is 5.18. The van der Waals surface area contributed by atoms with Crippen molar-refractivity contribution in [2.45, 2.75) is 0 Å². The van der Waals surface area contributed by atoms with Crippen molar-refractivity contribution >= 4 is 6.03 Å². The number of nitrogens with two attached hydrogens (primary N) is 1. The van der Waals surface area contributed by atoms with E-state index in [0.29, 0.717) is 0 Å². The van der Waals surface area contributed by atoms with Crippen LogP contribution in [0.2, 0.25) is 0 Å². The summed E-state index contributed by atoms with van der Waals surface area (Å²) in [4.78, 5) is 12.6. The van der Waals surface area contributed by atoms with E-state index >= 15 is 0 Å². The molecule has 5 nitrogen and oxygen atoms in total. The lowest BCUT2D eigenvalue weighted by Gasteiger charge is -2.31. The zero-order valence-corrected chi connectivity index (χ0v) is 6.71. The molecule has 1 aliphatic heterocycles. The number of hydrogen-bond acceptors (Lipinski definition) is 3. The van der Waals surface area contributed by atoms with Gasteiger partial charge in [-0.3, -0.25) is 5.43 Å². The van der Waals surface area contributed by atoms with Crippen LogP contribution < -0.4 is 11.2 Å². The lowest BCUT2D eigenvalue weighted by Crippen LogP contribution is -2.53. The molecule has 0 radical (unpaired) electrons. The average molecular weight is 158 g/mol. The van der Waals surface area contributed by atoms with Crippen LogP contribution in [0.3, 0.4) is 0 Å². The summed E-state index contributed by atoms with van der Waals surface area (Å²) < 4.78 is 0. The molecule has 1 rings (SSSR count). The fourth-order valence-electron chi connectivity index (χ4n) is 1.07. The first kappa shape index (κ1) is 8.29. The van der Waals surface area contributed by atoms with Crippen molar-refractivity contribution in [1.29, 1.82) is 0 Å². The molecule has 0 saturated carbocycles. The van der Waals surface area contributed by atoms with E-state index in [1.165, 1.54) is 0 Å². The Morgan fingerprint density at radius 3 is 2.36 bits per heavy atom. The molecule has 0 unspecified atom stereocenters. The van der Waals surface area contributed by atoms with Gasteiger partial charge in [-0.2, -0.15) is 0 Å². The number of hydrogen-bond donors (Lipinski definition) is 2. The Labute approximate surface area is 66.1 Å². The molecule has 2 amide bonds. The fourth-order valence-corrected chi connectivity index (χ4v) is 1.07. The molecule has 1 saturated heterocycles. The molecule has 1 aliphatic rings. The van der Waals surface area contributed by atoms with Crippen molar-refractivity contribution in [3.05, 3.63) is 0 Å². The molecule has 0 aliphatic carbocycles. The molecule has 1 fully saturated rings. The standard InChI is InChI=1S/C6H14N4O/c1-9-2-4-10(5-3-9)8-6(7)11/h2-5H2,1H3,(H3,7,8,11). The molecule has 0 aromatic rings. The van der Waals surface area contributed by atoms with E-state index in [-0.39, 0.29) is 0 Å². The minimum atomic E-state index is -0.477. The highest BCUT2D eigenvalue weighted by Gasteiger charge is 2.13. The van der Waals surface area contributed by atoms with Crippen LogP contribution in [0.15, 0.2) is 0 Å². The van der Waals surface area contributed by atoms with E-state index in [1.807, 2.05) is 5.01 Å². The summed E-state index contributed by atoms with van der Waals surface area (Å²) in [5, 5.41) is 1.84. The van der Waals surface area contributed by atoms with E-state index in [2.05, 4.69) is 17.4 Å². The fraction of sp³-hybridized carbons (Fsp3) is 0.833. The largest absolute Gasteiger partial charge is 0.351 e. The van der Waals surface area contributed by atoms with E-state index in [0.717, 1.165) is 26.2 Å². The Kier molecular flexibility index (Phi) is 2.67. The van der Waals surface area contributed by atoms with Gasteiger partial charge < -0.3 is 10.6 Å². The monoisotopic (exact) mass is 158 g/mol. The molecular weight excluding hydrogens is 144 g/mol. The Bertz CT molecular complexity index is 142. The van der Waals surface area contributed by atoms with Crippen molar-refractivity contribution in [2.75, 3.05) is 33.2 Å². The van der Waals surface area contributed by atoms with Crippen molar-refractivity contribution in [3.63, 3.8) is 0 Å². The Balaban J connectivity index is 2.22. The van der Waals surface area contributed by atoms with Crippen LogP contribution in [0.4, 0.5) is 4.79 Å². The van der Waals surface area contributed by atoms with Crippen molar-refractivity contribution in [2.24, 2.45) is 5.73 Å². The maximum Gasteiger partial charge on any atom is 0.326 e. The summed E-state index contributed by atoms with van der Waals surface area (Å²) in [5.41, 5.74) is 7.50. The van der Waals surface area contributed by atoms with Crippen LogP contribution in [-0.4, -0.2) is 49.2 Å². The van der Waals surface area contributed by atoms with Gasteiger partial charge in [0.15, 0.2) is 0 Å². The van der Waals surface area contributed by atoms with Crippen LogP contribution >= 0.6 is 0 Å². The van der Waals surface area contributed by atoms with Gasteiger partial charge in [-0.25, -0.2) is 9.80 Å². The van der Waals surface area contributed by atoms with Gasteiger partial charge in [0.2, 0.25) is 0 Å². The number of rotatable bonds is 1. The van der Waals surface area contributed by atoms with E-state index in [4.69, 9.17) is 5.73 Å². The maximum absolute atomic E-state index is 10.4. The summed E-state index contributed by atoms with van der Waals surface area (Å²) in [5.74, 6) is 0. The summed E-state index contributed by atoms with van der Waals surface area (Å²) in [7, 11) is 2.06. The first-order valence-electron chi connectivity index (χ1n) is 3.68. The van der Waals surface area contributed by atoms with Gasteiger partial charge in [0.1, 0.15) is 0 Å².